The van der Waals surface area contributed by atoms with Gasteiger partial charge in [0.25, 0.3) is 5.91 Å². The van der Waals surface area contributed by atoms with Gasteiger partial charge >= 0.3 is 0 Å². The predicted molar refractivity (Wildman–Crippen MR) is 110 cm³/mol. The minimum Gasteiger partial charge on any atom is -0.497 e. The number of hydrogen-bond acceptors (Lipinski definition) is 5. The molecule has 29 heavy (non-hydrogen) atoms. The van der Waals surface area contributed by atoms with Crippen LogP contribution in [0.4, 0.5) is 0 Å². The second-order valence-electron chi connectivity index (χ2n) is 7.44. The Kier molecular flexibility index (Phi) is 5.38. The van der Waals surface area contributed by atoms with E-state index >= 15 is 0 Å². The van der Waals surface area contributed by atoms with Gasteiger partial charge in [-0.05, 0) is 49.9 Å². The number of pyridine rings is 1. The van der Waals surface area contributed by atoms with E-state index in [9.17, 15) is 4.79 Å². The number of rotatable bonds is 5. The van der Waals surface area contributed by atoms with E-state index in [2.05, 4.69) is 14.5 Å². The Hall–Kier alpha value is -3.09. The molecule has 1 aliphatic heterocycles. The van der Waals surface area contributed by atoms with Gasteiger partial charge in [-0.3, -0.25) is 4.79 Å². The summed E-state index contributed by atoms with van der Waals surface area (Å²) >= 11 is 0. The summed E-state index contributed by atoms with van der Waals surface area (Å²) in [4.78, 5) is 24.2. The topological polar surface area (TPSA) is 69.5 Å². The van der Waals surface area contributed by atoms with E-state index in [1.54, 1.807) is 38.6 Å². The van der Waals surface area contributed by atoms with Crippen LogP contribution in [0.25, 0.3) is 11.2 Å². The van der Waals surface area contributed by atoms with E-state index in [4.69, 9.17) is 9.47 Å². The van der Waals surface area contributed by atoms with Crippen molar-refractivity contribution in [3.63, 3.8) is 0 Å². The van der Waals surface area contributed by atoms with Crippen molar-refractivity contribution < 1.29 is 14.3 Å². The highest BCUT2D eigenvalue weighted by atomic mass is 16.5. The molecule has 1 saturated heterocycles. The molecule has 1 aromatic carbocycles. The number of fused-ring (bicyclic) bond motifs is 1. The zero-order chi connectivity index (χ0) is 20.4. The summed E-state index contributed by atoms with van der Waals surface area (Å²) in [5.74, 6) is 2.52. The monoisotopic (exact) mass is 394 g/mol. The Morgan fingerprint density at radius 3 is 2.90 bits per heavy atom. The first-order chi connectivity index (χ1) is 14.1. The van der Waals surface area contributed by atoms with Crippen LogP contribution in [0.15, 0.2) is 36.5 Å². The third-order valence-corrected chi connectivity index (χ3v) is 5.58. The lowest BCUT2D eigenvalue weighted by Crippen LogP contribution is -2.41. The predicted octanol–water partition coefficient (Wildman–Crippen LogP) is 3.31. The van der Waals surface area contributed by atoms with Crippen LogP contribution in [0, 0.1) is 12.8 Å². The molecule has 1 atom stereocenters. The van der Waals surface area contributed by atoms with Gasteiger partial charge in [0.1, 0.15) is 22.8 Å². The van der Waals surface area contributed by atoms with Gasteiger partial charge in [0.05, 0.1) is 19.8 Å². The van der Waals surface area contributed by atoms with Crippen molar-refractivity contribution in [3.8, 4) is 11.5 Å². The molecule has 2 aromatic heterocycles. The van der Waals surface area contributed by atoms with Crippen molar-refractivity contribution in [3.05, 3.63) is 47.9 Å². The number of imidazole rings is 1. The molecule has 4 rings (SSSR count). The number of ether oxygens (including phenoxy) is 2. The first kappa shape index (κ1) is 19.2. The van der Waals surface area contributed by atoms with E-state index in [1.165, 1.54) is 0 Å². The number of amides is 1. The van der Waals surface area contributed by atoms with Crippen LogP contribution in [0.1, 0.15) is 29.0 Å². The molecule has 1 unspecified atom stereocenters. The summed E-state index contributed by atoms with van der Waals surface area (Å²) in [6.45, 7) is 4.28. The zero-order valence-electron chi connectivity index (χ0n) is 17.1. The van der Waals surface area contributed by atoms with Gasteiger partial charge in [0, 0.05) is 31.9 Å². The van der Waals surface area contributed by atoms with Crippen molar-refractivity contribution in [1.82, 2.24) is 19.4 Å². The Balaban J connectivity index is 1.52. The van der Waals surface area contributed by atoms with Gasteiger partial charge in [-0.25, -0.2) is 9.97 Å². The summed E-state index contributed by atoms with van der Waals surface area (Å²) in [5.41, 5.74) is 2.39. The lowest BCUT2D eigenvalue weighted by molar-refractivity contribution is 0.0659. The number of benzene rings is 1. The summed E-state index contributed by atoms with van der Waals surface area (Å²) in [6, 6.07) is 9.22. The van der Waals surface area contributed by atoms with Crippen LogP contribution in [-0.2, 0) is 6.54 Å². The molecular weight excluding hydrogens is 368 g/mol. The van der Waals surface area contributed by atoms with Crippen molar-refractivity contribution in [2.75, 3.05) is 27.3 Å². The molecule has 152 valence electrons. The van der Waals surface area contributed by atoms with E-state index in [0.717, 1.165) is 42.9 Å². The Labute approximate surface area is 170 Å². The standard InChI is InChI=1S/C22H26N4O3/c1-15-24-19-7-4-10-23-21(19)26(15)14-16-6-5-11-25(13-16)22(27)18-9-8-17(28-2)12-20(18)29-3/h4,7-10,12,16H,5-6,11,13-14H2,1-3H3. The number of hydrogen-bond donors (Lipinski definition) is 0. The highest BCUT2D eigenvalue weighted by molar-refractivity contribution is 5.97. The maximum atomic E-state index is 13.2. The van der Waals surface area contributed by atoms with Gasteiger partial charge in [-0.2, -0.15) is 0 Å². The van der Waals surface area contributed by atoms with Crippen molar-refractivity contribution in [2.45, 2.75) is 26.3 Å². The molecule has 3 heterocycles. The average molecular weight is 394 g/mol. The van der Waals surface area contributed by atoms with E-state index in [1.807, 2.05) is 24.0 Å². The highest BCUT2D eigenvalue weighted by Crippen LogP contribution is 2.28. The molecule has 0 spiro atoms. The molecule has 1 fully saturated rings. The van der Waals surface area contributed by atoms with E-state index in [-0.39, 0.29) is 5.91 Å². The lowest BCUT2D eigenvalue weighted by atomic mass is 9.97. The Bertz CT molecular complexity index is 1030. The minimum atomic E-state index is -0.000427. The van der Waals surface area contributed by atoms with E-state index < -0.39 is 0 Å². The number of piperidine rings is 1. The highest BCUT2D eigenvalue weighted by Gasteiger charge is 2.27. The minimum absolute atomic E-state index is 0.000427. The van der Waals surface area contributed by atoms with Crippen LogP contribution in [0.3, 0.4) is 0 Å². The largest absolute Gasteiger partial charge is 0.497 e. The molecule has 0 saturated carbocycles. The maximum Gasteiger partial charge on any atom is 0.257 e. The quantitative estimate of drug-likeness (QED) is 0.664. The fourth-order valence-corrected chi connectivity index (χ4v) is 4.09. The molecule has 0 bridgehead atoms. The second kappa shape index (κ2) is 8.11. The summed E-state index contributed by atoms with van der Waals surface area (Å²) < 4.78 is 12.8. The number of likely N-dealkylation sites (tertiary alicyclic amines) is 1. The van der Waals surface area contributed by atoms with Crippen LogP contribution >= 0.6 is 0 Å². The molecule has 1 aliphatic rings. The number of methoxy groups -OCH3 is 2. The number of aryl methyl sites for hydroxylation is 1. The molecule has 1 amide bonds. The third-order valence-electron chi connectivity index (χ3n) is 5.58. The summed E-state index contributed by atoms with van der Waals surface area (Å²) in [5, 5.41) is 0. The summed E-state index contributed by atoms with van der Waals surface area (Å²) in [6.07, 6.45) is 3.86. The number of nitrogens with zero attached hydrogens (tertiary/aromatic N) is 4. The SMILES string of the molecule is COc1ccc(C(=O)N2CCCC(Cn3c(C)nc4cccnc43)C2)c(OC)c1. The average Bonchev–Trinajstić information content (AvgIpc) is 3.08. The number of carbonyl (C=O) groups is 1. The molecule has 7 heteroatoms. The normalized spacial score (nSPS) is 16.8. The lowest BCUT2D eigenvalue weighted by Gasteiger charge is -2.33. The smallest absolute Gasteiger partial charge is 0.257 e. The molecular formula is C22H26N4O3. The Morgan fingerprint density at radius 2 is 2.10 bits per heavy atom. The van der Waals surface area contributed by atoms with Crippen LogP contribution in [-0.4, -0.2) is 52.7 Å². The fraction of sp³-hybridized carbons (Fsp3) is 0.409. The third kappa shape index (κ3) is 3.77. The van der Waals surface area contributed by atoms with Crippen molar-refractivity contribution in [1.29, 1.82) is 0 Å². The molecule has 0 aliphatic carbocycles. The number of aromatic nitrogens is 3. The van der Waals surface area contributed by atoms with E-state index in [0.29, 0.717) is 29.5 Å². The Morgan fingerprint density at radius 1 is 1.24 bits per heavy atom. The molecule has 0 N–H and O–H groups in total. The molecule has 3 aromatic rings. The fourth-order valence-electron chi connectivity index (χ4n) is 4.09. The molecule has 0 radical (unpaired) electrons. The van der Waals surface area contributed by atoms with Crippen LogP contribution in [0.2, 0.25) is 0 Å². The van der Waals surface area contributed by atoms with Gasteiger partial charge in [-0.1, -0.05) is 0 Å². The zero-order valence-corrected chi connectivity index (χ0v) is 17.1. The first-order valence-corrected chi connectivity index (χ1v) is 9.90. The first-order valence-electron chi connectivity index (χ1n) is 9.90. The second-order valence-corrected chi connectivity index (χ2v) is 7.44. The van der Waals surface area contributed by atoms with Crippen molar-refractivity contribution >= 4 is 17.1 Å². The summed E-state index contributed by atoms with van der Waals surface area (Å²) in [7, 11) is 3.17. The van der Waals surface area contributed by atoms with Crippen LogP contribution < -0.4 is 9.47 Å². The molecule has 7 nitrogen and oxygen atoms in total. The van der Waals surface area contributed by atoms with Gasteiger partial charge in [0.15, 0.2) is 5.65 Å². The van der Waals surface area contributed by atoms with Gasteiger partial charge < -0.3 is 18.9 Å². The maximum absolute atomic E-state index is 13.2. The van der Waals surface area contributed by atoms with Gasteiger partial charge in [-0.15, -0.1) is 0 Å². The van der Waals surface area contributed by atoms with Gasteiger partial charge in [0.2, 0.25) is 0 Å². The van der Waals surface area contributed by atoms with Crippen molar-refractivity contribution in [2.24, 2.45) is 5.92 Å². The number of carbonyl (C=O) groups excluding carboxylic acids is 1. The van der Waals surface area contributed by atoms with Crippen LogP contribution in [0.5, 0.6) is 11.5 Å².